The molecule has 129 valence electrons. The summed E-state index contributed by atoms with van der Waals surface area (Å²) in [6.07, 6.45) is -5.93. The Labute approximate surface area is 149 Å². The van der Waals surface area contributed by atoms with Crippen LogP contribution in [0.2, 0.25) is 0 Å². The van der Waals surface area contributed by atoms with Crippen molar-refractivity contribution in [2.75, 3.05) is 0 Å². The minimum atomic E-state index is -5.00. The van der Waals surface area contributed by atoms with Gasteiger partial charge in [-0.1, -0.05) is 25.3 Å². The van der Waals surface area contributed by atoms with Crippen molar-refractivity contribution in [3.63, 3.8) is 0 Å². The molecule has 0 spiro atoms. The van der Waals surface area contributed by atoms with E-state index in [0.717, 1.165) is 19.3 Å². The van der Waals surface area contributed by atoms with Crippen LogP contribution in [0.5, 0.6) is 0 Å². The molecule has 0 N–H and O–H groups in total. The van der Waals surface area contributed by atoms with Crippen LogP contribution in [0.1, 0.15) is 53.6 Å². The summed E-state index contributed by atoms with van der Waals surface area (Å²) in [4.78, 5) is 12.3. The molecule has 1 saturated carbocycles. The van der Waals surface area contributed by atoms with E-state index in [1.807, 2.05) is 0 Å². The largest absolute Gasteiger partial charge is 0.417 e. The number of halogens is 6. The summed E-state index contributed by atoms with van der Waals surface area (Å²) >= 11 is 0. The molecule has 0 aromatic heterocycles. The zero-order chi connectivity index (χ0) is 17.3. The molecule has 1 aliphatic rings. The van der Waals surface area contributed by atoms with Gasteiger partial charge in [0, 0.05) is 24.4 Å². The van der Waals surface area contributed by atoms with Crippen molar-refractivity contribution in [2.24, 2.45) is 0 Å². The second-order valence-electron chi connectivity index (χ2n) is 5.53. The van der Waals surface area contributed by atoms with Crippen LogP contribution in [0.15, 0.2) is 18.2 Å². The molecule has 0 aliphatic heterocycles. The number of rotatable bonds is 3. The predicted octanol–water partition coefficient (Wildman–Crippen LogP) is 5.49. The van der Waals surface area contributed by atoms with E-state index in [9.17, 15) is 31.1 Å². The van der Waals surface area contributed by atoms with Gasteiger partial charge in [-0.15, -0.1) is 0 Å². The topological polar surface area (TPSA) is 17.1 Å². The molecule has 1 radical (unpaired) electrons. The van der Waals surface area contributed by atoms with Gasteiger partial charge in [0.1, 0.15) is 0 Å². The summed E-state index contributed by atoms with van der Waals surface area (Å²) < 4.78 is 78.2. The second-order valence-corrected chi connectivity index (χ2v) is 7.09. The summed E-state index contributed by atoms with van der Waals surface area (Å²) in [7, 11) is -0.555. The van der Waals surface area contributed by atoms with Crippen LogP contribution < -0.4 is 0 Å². The molecule has 9 heteroatoms. The van der Waals surface area contributed by atoms with Crippen molar-refractivity contribution in [1.82, 2.24) is 0 Å². The molecule has 0 amide bonds. The van der Waals surface area contributed by atoms with E-state index < -0.39 is 43.1 Å². The fourth-order valence-corrected chi connectivity index (χ4v) is 4.26. The van der Waals surface area contributed by atoms with Gasteiger partial charge in [0.15, 0.2) is 5.52 Å². The van der Waals surface area contributed by atoms with E-state index in [1.165, 1.54) is 0 Å². The van der Waals surface area contributed by atoms with Crippen molar-refractivity contribution >= 4 is 33.0 Å². The van der Waals surface area contributed by atoms with Crippen molar-refractivity contribution < 1.29 is 31.1 Å². The minimum absolute atomic E-state index is 0. The Morgan fingerprint density at radius 1 is 0.917 bits per heavy atom. The maximum Gasteiger partial charge on any atom is 0.417 e. The normalized spacial score (nSPS) is 17.1. The van der Waals surface area contributed by atoms with Crippen molar-refractivity contribution in [3.8, 4) is 0 Å². The number of carbonyl (C=O) groups excluding carboxylic acids is 1. The van der Waals surface area contributed by atoms with E-state index in [1.54, 1.807) is 0 Å². The molecular formula is C15H15F6LiOP. The van der Waals surface area contributed by atoms with Crippen LogP contribution >= 0.6 is 8.58 Å². The van der Waals surface area contributed by atoms with Gasteiger partial charge in [0.05, 0.1) is 11.1 Å². The predicted molar refractivity (Wildman–Crippen MR) is 81.7 cm³/mol. The molecule has 1 aromatic rings. The van der Waals surface area contributed by atoms with Gasteiger partial charge in [-0.05, 0) is 39.2 Å². The Hall–Kier alpha value is -0.503. The molecule has 0 saturated heterocycles. The van der Waals surface area contributed by atoms with Crippen molar-refractivity contribution in [1.29, 1.82) is 0 Å². The van der Waals surface area contributed by atoms with Gasteiger partial charge < -0.3 is 0 Å². The Kier molecular flexibility index (Phi) is 7.41. The number of alkyl halides is 6. The average molecular weight is 363 g/mol. The third-order valence-corrected chi connectivity index (χ3v) is 5.34. The number of benzene rings is 1. The van der Waals surface area contributed by atoms with Crippen LogP contribution in [0, 0.1) is 0 Å². The Morgan fingerprint density at radius 3 is 1.79 bits per heavy atom. The molecule has 0 bridgehead atoms. The quantitative estimate of drug-likeness (QED) is 0.394. The third kappa shape index (κ3) is 5.24. The van der Waals surface area contributed by atoms with Gasteiger partial charge in [-0.3, -0.25) is 4.79 Å². The summed E-state index contributed by atoms with van der Waals surface area (Å²) in [5.74, 6) is 0. The zero-order valence-electron chi connectivity index (χ0n) is 13.0. The van der Waals surface area contributed by atoms with Gasteiger partial charge in [0.25, 0.3) is 0 Å². The first-order valence-electron chi connectivity index (χ1n) is 7.19. The Balaban J connectivity index is 0.00000288. The van der Waals surface area contributed by atoms with Crippen LogP contribution in [-0.4, -0.2) is 30.0 Å². The molecule has 1 aliphatic carbocycles. The first-order chi connectivity index (χ1) is 10.6. The zero-order valence-corrected chi connectivity index (χ0v) is 14.0. The van der Waals surface area contributed by atoms with Gasteiger partial charge >= 0.3 is 12.4 Å². The standard InChI is InChI=1S/C15H15F6OP.Li/c16-14(17,18)10-7-4-8-11(15(19,20)21)12(10)13(22)23-9-5-2-1-3-6-9;/h4,7-9,23H,1-3,5-6H2;. The molecule has 24 heavy (non-hydrogen) atoms. The van der Waals surface area contributed by atoms with Crippen LogP contribution in [-0.2, 0) is 12.4 Å². The van der Waals surface area contributed by atoms with Crippen LogP contribution in [0.4, 0.5) is 26.3 Å². The first kappa shape index (κ1) is 21.5. The number of carbonyl (C=O) groups is 1. The Bertz CT molecular complexity index is 546. The van der Waals surface area contributed by atoms with Gasteiger partial charge in [-0.2, -0.15) is 26.3 Å². The van der Waals surface area contributed by atoms with Crippen molar-refractivity contribution in [3.05, 3.63) is 34.9 Å². The van der Waals surface area contributed by atoms with E-state index >= 15 is 0 Å². The molecule has 1 fully saturated rings. The molecule has 0 heterocycles. The Morgan fingerprint density at radius 2 is 1.38 bits per heavy atom. The smallest absolute Gasteiger partial charge is 0.289 e. The van der Waals surface area contributed by atoms with Crippen LogP contribution in [0.3, 0.4) is 0 Å². The number of hydrogen-bond acceptors (Lipinski definition) is 1. The summed E-state index contributed by atoms with van der Waals surface area (Å²) in [6.45, 7) is 0. The maximum atomic E-state index is 13.0. The fraction of sp³-hybridized carbons (Fsp3) is 0.533. The average Bonchev–Trinajstić information content (AvgIpc) is 2.45. The van der Waals surface area contributed by atoms with E-state index in [0.29, 0.717) is 31.0 Å². The SMILES string of the molecule is O=C(PC1CCCCC1)c1c(C(F)(F)F)cccc1C(F)(F)F.[Li]. The molecule has 1 aromatic carbocycles. The summed E-state index contributed by atoms with van der Waals surface area (Å²) in [5, 5.41) is 0. The first-order valence-corrected chi connectivity index (χ1v) is 8.26. The fourth-order valence-electron chi connectivity index (χ4n) is 2.77. The summed E-state index contributed by atoms with van der Waals surface area (Å²) in [5.41, 5.74) is -5.38. The monoisotopic (exact) mass is 363 g/mol. The van der Waals surface area contributed by atoms with E-state index in [-0.39, 0.29) is 24.5 Å². The van der Waals surface area contributed by atoms with Gasteiger partial charge in [0.2, 0.25) is 0 Å². The molecule has 1 unspecified atom stereocenters. The number of hydrogen-bond donors (Lipinski definition) is 0. The molecular weight excluding hydrogens is 348 g/mol. The molecule has 1 atom stereocenters. The summed E-state index contributed by atoms with van der Waals surface area (Å²) in [6, 6.07) is 1.76. The molecule has 1 nitrogen and oxygen atoms in total. The van der Waals surface area contributed by atoms with E-state index in [2.05, 4.69) is 0 Å². The minimum Gasteiger partial charge on any atom is -0.289 e. The third-order valence-electron chi connectivity index (χ3n) is 3.84. The maximum absolute atomic E-state index is 13.0. The van der Waals surface area contributed by atoms with Crippen molar-refractivity contribution in [2.45, 2.75) is 50.1 Å². The van der Waals surface area contributed by atoms with Crippen LogP contribution in [0.25, 0.3) is 0 Å². The molecule has 2 rings (SSSR count). The van der Waals surface area contributed by atoms with Gasteiger partial charge in [-0.25, -0.2) is 0 Å². The van der Waals surface area contributed by atoms with E-state index in [4.69, 9.17) is 0 Å². The second kappa shape index (κ2) is 8.25.